The van der Waals surface area contributed by atoms with Crippen LogP contribution in [0.15, 0.2) is 23.3 Å². The zero-order valence-electron chi connectivity index (χ0n) is 16.0. The van der Waals surface area contributed by atoms with Crippen molar-refractivity contribution in [3.05, 3.63) is 45.6 Å². The molecule has 8 heteroatoms. The van der Waals surface area contributed by atoms with E-state index in [4.69, 9.17) is 4.74 Å². The van der Waals surface area contributed by atoms with Gasteiger partial charge in [-0.05, 0) is 19.4 Å². The Labute approximate surface area is 158 Å². The standard InChI is InChI=1S/C19H26N6O2/c1-23(2)19-20-9-14(10-21-19)11-24-6-3-4-16(24)12-25-18(26)8-15-13-27-7-5-17(15)22-25/h8-10,16H,3-7,11-13H2,1-2H3. The van der Waals surface area contributed by atoms with E-state index in [9.17, 15) is 4.79 Å². The van der Waals surface area contributed by atoms with E-state index in [0.717, 1.165) is 49.2 Å². The van der Waals surface area contributed by atoms with E-state index in [1.807, 2.05) is 31.4 Å². The third kappa shape index (κ3) is 4.01. The van der Waals surface area contributed by atoms with Crippen molar-refractivity contribution in [2.75, 3.05) is 32.1 Å². The van der Waals surface area contributed by atoms with Crippen LogP contribution in [0.3, 0.4) is 0 Å². The molecule has 0 aliphatic carbocycles. The van der Waals surface area contributed by atoms with Crippen LogP contribution in [-0.4, -0.2) is 57.9 Å². The van der Waals surface area contributed by atoms with Crippen molar-refractivity contribution in [2.45, 2.75) is 45.0 Å². The Kier molecular flexibility index (Phi) is 5.18. The van der Waals surface area contributed by atoms with Crippen LogP contribution in [0.2, 0.25) is 0 Å². The Balaban J connectivity index is 1.46. The van der Waals surface area contributed by atoms with Crippen LogP contribution >= 0.6 is 0 Å². The summed E-state index contributed by atoms with van der Waals surface area (Å²) in [5.41, 5.74) is 2.99. The minimum atomic E-state index is -0.0373. The number of hydrogen-bond acceptors (Lipinski definition) is 7. The van der Waals surface area contributed by atoms with Crippen molar-refractivity contribution in [1.29, 1.82) is 0 Å². The topological polar surface area (TPSA) is 76.4 Å². The molecule has 8 nitrogen and oxygen atoms in total. The van der Waals surface area contributed by atoms with Crippen molar-refractivity contribution < 1.29 is 4.74 Å². The van der Waals surface area contributed by atoms with Crippen LogP contribution in [0.4, 0.5) is 5.95 Å². The van der Waals surface area contributed by atoms with E-state index in [0.29, 0.717) is 31.7 Å². The summed E-state index contributed by atoms with van der Waals surface area (Å²) in [5, 5.41) is 4.62. The Morgan fingerprint density at radius 1 is 1.30 bits per heavy atom. The molecule has 2 aliphatic rings. The number of hydrogen-bond donors (Lipinski definition) is 0. The first kappa shape index (κ1) is 18.1. The lowest BCUT2D eigenvalue weighted by Crippen LogP contribution is -2.37. The van der Waals surface area contributed by atoms with Crippen LogP contribution in [0, 0.1) is 0 Å². The van der Waals surface area contributed by atoms with Gasteiger partial charge in [-0.2, -0.15) is 5.10 Å². The summed E-state index contributed by atoms with van der Waals surface area (Å²) < 4.78 is 7.06. The summed E-state index contributed by atoms with van der Waals surface area (Å²) in [7, 11) is 3.86. The number of likely N-dealkylation sites (tertiary alicyclic amines) is 1. The maximum absolute atomic E-state index is 12.4. The van der Waals surface area contributed by atoms with Crippen molar-refractivity contribution in [3.63, 3.8) is 0 Å². The molecule has 27 heavy (non-hydrogen) atoms. The average molecular weight is 370 g/mol. The molecule has 1 atom stereocenters. The van der Waals surface area contributed by atoms with Gasteiger partial charge in [-0.15, -0.1) is 0 Å². The van der Waals surface area contributed by atoms with Crippen LogP contribution in [0.1, 0.15) is 29.7 Å². The fraction of sp³-hybridized carbons (Fsp3) is 0.579. The summed E-state index contributed by atoms with van der Waals surface area (Å²) in [6, 6.07) is 2.00. The van der Waals surface area contributed by atoms with Gasteiger partial charge in [-0.25, -0.2) is 14.6 Å². The molecule has 0 bridgehead atoms. The highest BCUT2D eigenvalue weighted by molar-refractivity contribution is 5.26. The lowest BCUT2D eigenvalue weighted by molar-refractivity contribution is 0.107. The number of ether oxygens (including phenoxy) is 1. The van der Waals surface area contributed by atoms with Crippen molar-refractivity contribution >= 4 is 5.95 Å². The third-order valence-corrected chi connectivity index (χ3v) is 5.27. The van der Waals surface area contributed by atoms with E-state index in [-0.39, 0.29) is 5.56 Å². The average Bonchev–Trinajstić information content (AvgIpc) is 3.09. The van der Waals surface area contributed by atoms with Gasteiger partial charge < -0.3 is 9.64 Å². The molecule has 0 amide bonds. The maximum atomic E-state index is 12.4. The van der Waals surface area contributed by atoms with Crippen LogP contribution in [0.5, 0.6) is 0 Å². The van der Waals surface area contributed by atoms with E-state index in [1.165, 1.54) is 0 Å². The van der Waals surface area contributed by atoms with Gasteiger partial charge in [-0.3, -0.25) is 9.69 Å². The lowest BCUT2D eigenvalue weighted by Gasteiger charge is -2.25. The smallest absolute Gasteiger partial charge is 0.267 e. The highest BCUT2D eigenvalue weighted by Gasteiger charge is 2.26. The predicted octanol–water partition coefficient (Wildman–Crippen LogP) is 0.837. The first-order valence-electron chi connectivity index (χ1n) is 9.50. The zero-order chi connectivity index (χ0) is 18.8. The second-order valence-electron chi connectivity index (χ2n) is 7.49. The Morgan fingerprint density at radius 3 is 2.89 bits per heavy atom. The summed E-state index contributed by atoms with van der Waals surface area (Å²) in [6.45, 7) is 3.62. The Morgan fingerprint density at radius 2 is 2.11 bits per heavy atom. The molecular weight excluding hydrogens is 344 g/mol. The minimum absolute atomic E-state index is 0.0373. The highest BCUT2D eigenvalue weighted by Crippen LogP contribution is 2.21. The summed E-state index contributed by atoms with van der Waals surface area (Å²) in [6.07, 6.45) is 6.77. The number of nitrogens with zero attached hydrogens (tertiary/aromatic N) is 6. The van der Waals surface area contributed by atoms with Gasteiger partial charge in [0.15, 0.2) is 0 Å². The van der Waals surface area contributed by atoms with E-state index in [2.05, 4.69) is 20.0 Å². The summed E-state index contributed by atoms with van der Waals surface area (Å²) in [4.78, 5) is 25.5. The molecular formula is C19H26N6O2. The Hall–Kier alpha value is -2.32. The van der Waals surface area contributed by atoms with Crippen molar-refractivity contribution in [1.82, 2.24) is 24.6 Å². The lowest BCUT2D eigenvalue weighted by atomic mass is 10.1. The molecule has 1 saturated heterocycles. The number of fused-ring (bicyclic) bond motifs is 1. The summed E-state index contributed by atoms with van der Waals surface area (Å²) in [5.74, 6) is 0.713. The molecule has 144 valence electrons. The monoisotopic (exact) mass is 370 g/mol. The van der Waals surface area contributed by atoms with Gasteiger partial charge in [0.2, 0.25) is 5.95 Å². The largest absolute Gasteiger partial charge is 0.376 e. The fourth-order valence-electron chi connectivity index (χ4n) is 3.79. The minimum Gasteiger partial charge on any atom is -0.376 e. The van der Waals surface area contributed by atoms with Crippen molar-refractivity contribution in [3.8, 4) is 0 Å². The molecule has 0 aromatic carbocycles. The molecule has 0 N–H and O–H groups in total. The molecule has 0 radical (unpaired) electrons. The quantitative estimate of drug-likeness (QED) is 0.772. The molecule has 4 rings (SSSR count). The van der Waals surface area contributed by atoms with Gasteiger partial charge in [0.1, 0.15) is 0 Å². The van der Waals surface area contributed by atoms with Gasteiger partial charge in [0.25, 0.3) is 5.56 Å². The van der Waals surface area contributed by atoms with E-state index < -0.39 is 0 Å². The second kappa shape index (κ2) is 7.74. The highest BCUT2D eigenvalue weighted by atomic mass is 16.5. The van der Waals surface area contributed by atoms with Crippen LogP contribution in [0.25, 0.3) is 0 Å². The third-order valence-electron chi connectivity index (χ3n) is 5.27. The SMILES string of the molecule is CN(C)c1ncc(CN2CCCC2Cn2nc3c(cc2=O)COCC3)cn1. The molecule has 2 aliphatic heterocycles. The molecule has 4 heterocycles. The van der Waals surface area contributed by atoms with E-state index in [1.54, 1.807) is 10.7 Å². The normalized spacial score (nSPS) is 19.9. The number of anilines is 1. The first-order chi connectivity index (χ1) is 13.1. The maximum Gasteiger partial charge on any atom is 0.267 e. The van der Waals surface area contributed by atoms with Gasteiger partial charge in [-0.1, -0.05) is 0 Å². The van der Waals surface area contributed by atoms with Gasteiger partial charge >= 0.3 is 0 Å². The fourth-order valence-corrected chi connectivity index (χ4v) is 3.79. The molecule has 2 aromatic heterocycles. The van der Waals surface area contributed by atoms with Crippen LogP contribution < -0.4 is 10.5 Å². The molecule has 1 fully saturated rings. The molecule has 0 saturated carbocycles. The Bertz CT molecular complexity index is 848. The summed E-state index contributed by atoms with van der Waals surface area (Å²) >= 11 is 0. The number of rotatable bonds is 5. The number of aromatic nitrogens is 4. The molecule has 0 spiro atoms. The van der Waals surface area contributed by atoms with Gasteiger partial charge in [0, 0.05) is 62.7 Å². The van der Waals surface area contributed by atoms with Gasteiger partial charge in [0.05, 0.1) is 25.5 Å². The predicted molar refractivity (Wildman–Crippen MR) is 102 cm³/mol. The molecule has 1 unspecified atom stereocenters. The second-order valence-corrected chi connectivity index (χ2v) is 7.49. The molecule has 2 aromatic rings. The first-order valence-corrected chi connectivity index (χ1v) is 9.50. The zero-order valence-corrected chi connectivity index (χ0v) is 16.0. The van der Waals surface area contributed by atoms with Crippen LogP contribution in [-0.2, 0) is 30.9 Å². The van der Waals surface area contributed by atoms with Crippen molar-refractivity contribution in [2.24, 2.45) is 0 Å². The van der Waals surface area contributed by atoms with E-state index >= 15 is 0 Å².